The lowest BCUT2D eigenvalue weighted by atomic mass is 9.94. The first-order valence-corrected chi connectivity index (χ1v) is 13.2. The summed E-state index contributed by atoms with van der Waals surface area (Å²) in [4.78, 5) is 48.6. The van der Waals surface area contributed by atoms with Crippen LogP contribution in [0.3, 0.4) is 0 Å². The third-order valence-corrected chi connectivity index (χ3v) is 8.43. The number of aliphatic hydroxyl groups excluding tert-OH is 1. The van der Waals surface area contributed by atoms with Gasteiger partial charge in [0.1, 0.15) is 22.9 Å². The van der Waals surface area contributed by atoms with E-state index in [4.69, 9.17) is 26.1 Å². The standard InChI is InChI=1S/C12H20ClN2O13P3/c1-3-12(6-25-30(21,22)28-31(23,24)27-29(18,19)20)10(17)9(13)11(26-12)15-5-4-8(16)14-7(15)2/h4-5,9-11,17H,2-3,6H2,1H3,(H,14,16)(H,21,22)(H,23,24)(H2,18,19,20)/t9-,10+,11-,12-/m1/s1. The molecule has 2 heterocycles. The largest absolute Gasteiger partial charge is 0.490 e. The fraction of sp³-hybridized carbons (Fsp3) is 0.583. The number of hydrogen-bond donors (Lipinski definition) is 6. The molecule has 19 heteroatoms. The maximum Gasteiger partial charge on any atom is 0.490 e. The van der Waals surface area contributed by atoms with Gasteiger partial charge in [0.2, 0.25) is 0 Å². The van der Waals surface area contributed by atoms with Gasteiger partial charge in [0.05, 0.1) is 6.61 Å². The van der Waals surface area contributed by atoms with Crippen LogP contribution >= 0.6 is 35.1 Å². The molecule has 31 heavy (non-hydrogen) atoms. The van der Waals surface area contributed by atoms with E-state index < -0.39 is 59.3 Å². The number of nitrogens with one attached hydrogen (secondary N) is 1. The number of alkyl halides is 1. The van der Waals surface area contributed by atoms with Crippen LogP contribution in [0.15, 0.2) is 24.7 Å². The lowest BCUT2D eigenvalue weighted by Gasteiger charge is -2.34. The van der Waals surface area contributed by atoms with E-state index in [0.717, 1.165) is 6.08 Å². The van der Waals surface area contributed by atoms with Crippen LogP contribution in [-0.2, 0) is 36.4 Å². The van der Waals surface area contributed by atoms with Crippen LogP contribution in [0.25, 0.3) is 0 Å². The van der Waals surface area contributed by atoms with Gasteiger partial charge in [-0.2, -0.15) is 8.62 Å². The van der Waals surface area contributed by atoms with Gasteiger partial charge in [-0.25, -0.2) is 13.7 Å². The zero-order valence-electron chi connectivity index (χ0n) is 15.7. The Morgan fingerprint density at radius 2 is 1.87 bits per heavy atom. The Morgan fingerprint density at radius 1 is 1.26 bits per heavy atom. The molecule has 0 aromatic heterocycles. The van der Waals surface area contributed by atoms with E-state index in [1.165, 1.54) is 18.0 Å². The van der Waals surface area contributed by atoms with Crippen LogP contribution < -0.4 is 5.32 Å². The van der Waals surface area contributed by atoms with Crippen LogP contribution in [-0.4, -0.2) is 65.4 Å². The Morgan fingerprint density at radius 3 is 2.39 bits per heavy atom. The first-order chi connectivity index (χ1) is 14.0. The number of ether oxygens (including phenoxy) is 1. The first kappa shape index (κ1) is 26.6. The number of amides is 1. The summed E-state index contributed by atoms with van der Waals surface area (Å²) >= 11 is 6.24. The number of phosphoric acid groups is 3. The first-order valence-electron chi connectivity index (χ1n) is 8.25. The van der Waals surface area contributed by atoms with Gasteiger partial charge in [-0.15, -0.1) is 11.6 Å². The second-order valence-electron chi connectivity index (χ2n) is 6.34. The van der Waals surface area contributed by atoms with Crippen molar-refractivity contribution in [3.05, 3.63) is 24.7 Å². The van der Waals surface area contributed by atoms with Gasteiger partial charge in [0, 0.05) is 12.3 Å². The lowest BCUT2D eigenvalue weighted by Crippen LogP contribution is -2.45. The van der Waals surface area contributed by atoms with Crippen LogP contribution in [0.2, 0.25) is 0 Å². The Labute approximate surface area is 180 Å². The Kier molecular flexibility index (Phi) is 8.00. The molecule has 1 fully saturated rings. The summed E-state index contributed by atoms with van der Waals surface area (Å²) in [7, 11) is -16.7. The summed E-state index contributed by atoms with van der Waals surface area (Å²) in [6.45, 7) is 4.24. The quantitative estimate of drug-likeness (QED) is 0.174. The molecule has 6 N–H and O–H groups in total. The van der Waals surface area contributed by atoms with Gasteiger partial charge in [-0.1, -0.05) is 13.5 Å². The molecule has 2 aliphatic heterocycles. The van der Waals surface area contributed by atoms with Gasteiger partial charge < -0.3 is 39.6 Å². The Balaban J connectivity index is 2.15. The highest BCUT2D eigenvalue weighted by Gasteiger charge is 2.56. The molecule has 6 atom stereocenters. The Bertz CT molecular complexity index is 908. The van der Waals surface area contributed by atoms with E-state index in [-0.39, 0.29) is 12.2 Å². The predicted molar refractivity (Wildman–Crippen MR) is 102 cm³/mol. The van der Waals surface area contributed by atoms with E-state index in [2.05, 4.69) is 25.0 Å². The van der Waals surface area contributed by atoms with Crippen LogP contribution in [0.1, 0.15) is 13.3 Å². The summed E-state index contributed by atoms with van der Waals surface area (Å²) < 4.78 is 51.7. The van der Waals surface area contributed by atoms with Gasteiger partial charge in [-0.05, 0) is 6.42 Å². The number of hydrogen-bond acceptors (Lipinski definition) is 10. The summed E-state index contributed by atoms with van der Waals surface area (Å²) in [5.74, 6) is -0.379. The fourth-order valence-corrected chi connectivity index (χ4v) is 6.24. The smallest absolute Gasteiger partial charge is 0.388 e. The van der Waals surface area contributed by atoms with Crippen molar-refractivity contribution in [2.75, 3.05) is 6.61 Å². The molecule has 2 aliphatic rings. The molecule has 178 valence electrons. The van der Waals surface area contributed by atoms with Crippen molar-refractivity contribution in [3.63, 3.8) is 0 Å². The van der Waals surface area contributed by atoms with E-state index in [1.807, 2.05) is 0 Å². The summed E-state index contributed by atoms with van der Waals surface area (Å²) in [5.41, 5.74) is -1.72. The molecule has 1 saturated heterocycles. The van der Waals surface area contributed by atoms with Crippen molar-refractivity contribution in [1.29, 1.82) is 0 Å². The molecule has 2 rings (SSSR count). The van der Waals surface area contributed by atoms with E-state index >= 15 is 0 Å². The molecular formula is C12H20ClN2O13P3. The van der Waals surface area contributed by atoms with Crippen LogP contribution in [0.4, 0.5) is 0 Å². The zero-order valence-corrected chi connectivity index (χ0v) is 19.1. The molecule has 0 spiro atoms. The van der Waals surface area contributed by atoms with E-state index in [0.29, 0.717) is 0 Å². The summed E-state index contributed by atoms with van der Waals surface area (Å²) in [6, 6.07) is 0. The number of aliphatic hydroxyl groups is 1. The Hall–Kier alpha value is -0.630. The number of phosphoric ester groups is 1. The molecule has 2 unspecified atom stereocenters. The lowest BCUT2D eigenvalue weighted by molar-refractivity contribution is -0.135. The van der Waals surface area contributed by atoms with Crippen molar-refractivity contribution in [2.24, 2.45) is 0 Å². The third kappa shape index (κ3) is 6.68. The minimum absolute atomic E-state index is 0.0416. The topological polar surface area (TPSA) is 222 Å². The maximum atomic E-state index is 12.0. The highest BCUT2D eigenvalue weighted by molar-refractivity contribution is 7.66. The fourth-order valence-electron chi connectivity index (χ4n) is 2.76. The van der Waals surface area contributed by atoms with Crippen molar-refractivity contribution < 1.29 is 61.1 Å². The average Bonchev–Trinajstić information content (AvgIpc) is 2.82. The normalized spacial score (nSPS) is 33.1. The van der Waals surface area contributed by atoms with Gasteiger partial charge >= 0.3 is 23.5 Å². The molecule has 0 bridgehead atoms. The zero-order chi connectivity index (χ0) is 23.8. The molecule has 0 radical (unpaired) electrons. The summed E-state index contributed by atoms with van der Waals surface area (Å²) in [6.07, 6.45) is -0.213. The van der Waals surface area contributed by atoms with E-state index in [9.17, 15) is 33.4 Å². The van der Waals surface area contributed by atoms with Crippen LogP contribution in [0, 0.1) is 0 Å². The van der Waals surface area contributed by atoms with Crippen molar-refractivity contribution in [2.45, 2.75) is 36.7 Å². The van der Waals surface area contributed by atoms with Crippen molar-refractivity contribution in [3.8, 4) is 0 Å². The molecule has 0 saturated carbocycles. The second kappa shape index (κ2) is 9.32. The number of carbonyl (C=O) groups excluding carboxylic acids is 1. The van der Waals surface area contributed by atoms with Gasteiger partial charge in [0.15, 0.2) is 6.23 Å². The monoisotopic (exact) mass is 528 g/mol. The van der Waals surface area contributed by atoms with Gasteiger partial charge in [0.25, 0.3) is 5.91 Å². The van der Waals surface area contributed by atoms with Crippen LogP contribution in [0.5, 0.6) is 0 Å². The number of halogens is 1. The molecule has 0 aromatic carbocycles. The SMILES string of the molecule is C=C1NC(=O)C=CN1[C@@H]1O[C@](CC)(COP(=O)(O)OP(=O)(O)OP(=O)(O)O)[C@@H](O)[C@H]1Cl. The van der Waals surface area contributed by atoms with Crippen molar-refractivity contribution >= 4 is 41.0 Å². The minimum atomic E-state index is -5.70. The van der Waals surface area contributed by atoms with Gasteiger partial charge in [-0.3, -0.25) is 9.32 Å². The number of nitrogens with zero attached hydrogens (tertiary/aromatic N) is 1. The third-order valence-electron chi connectivity index (χ3n) is 4.19. The molecule has 0 aliphatic carbocycles. The highest BCUT2D eigenvalue weighted by atomic mass is 35.5. The van der Waals surface area contributed by atoms with E-state index in [1.54, 1.807) is 0 Å². The highest BCUT2D eigenvalue weighted by Crippen LogP contribution is 2.66. The summed E-state index contributed by atoms with van der Waals surface area (Å²) in [5, 5.41) is 11.8. The number of carbonyl (C=O) groups is 1. The number of rotatable bonds is 9. The predicted octanol–water partition coefficient (Wildman–Crippen LogP) is 0.220. The molecule has 15 nitrogen and oxygen atoms in total. The average molecular weight is 529 g/mol. The van der Waals surface area contributed by atoms with Crippen molar-refractivity contribution in [1.82, 2.24) is 10.2 Å². The molecule has 0 aromatic rings. The maximum absolute atomic E-state index is 12.0. The second-order valence-corrected chi connectivity index (χ2v) is 11.3. The molecular weight excluding hydrogens is 509 g/mol. The molecule has 1 amide bonds. The minimum Gasteiger partial charge on any atom is -0.388 e.